The number of benzene rings is 1. The molecule has 1 unspecified atom stereocenters. The van der Waals surface area contributed by atoms with Gasteiger partial charge in [-0.15, -0.1) is 0 Å². The largest absolute Gasteiger partial charge is 0.419 e. The molecule has 5 heterocycles. The Morgan fingerprint density at radius 3 is 2.40 bits per heavy atom. The fourth-order valence-electron chi connectivity index (χ4n) is 9.97. The Kier molecular flexibility index (Phi) is 12.0. The van der Waals surface area contributed by atoms with Crippen molar-refractivity contribution in [1.82, 2.24) is 29.9 Å². The Morgan fingerprint density at radius 2 is 1.75 bits per heavy atom. The van der Waals surface area contributed by atoms with Crippen molar-refractivity contribution in [2.75, 3.05) is 28.2 Å². The van der Waals surface area contributed by atoms with Gasteiger partial charge in [0.1, 0.15) is 11.6 Å². The molecule has 4 fully saturated rings. The number of para-hydroxylation sites is 1. The number of anilines is 3. The van der Waals surface area contributed by atoms with Crippen molar-refractivity contribution < 1.29 is 32.3 Å². The van der Waals surface area contributed by atoms with E-state index in [9.17, 15) is 37.6 Å². The van der Waals surface area contributed by atoms with Crippen molar-refractivity contribution in [2.24, 2.45) is 18.9 Å². The lowest BCUT2D eigenvalue weighted by atomic mass is 9.79. The van der Waals surface area contributed by atoms with Gasteiger partial charge in [-0.2, -0.15) is 23.5 Å². The highest BCUT2D eigenvalue weighted by Crippen LogP contribution is 2.42. The molecule has 5 amide bonds. The van der Waals surface area contributed by atoms with Gasteiger partial charge in [0, 0.05) is 43.5 Å². The molecule has 3 atom stereocenters. The molecule has 60 heavy (non-hydrogen) atoms. The van der Waals surface area contributed by atoms with Crippen LogP contribution in [0.2, 0.25) is 0 Å². The van der Waals surface area contributed by atoms with Crippen LogP contribution < -0.4 is 20.4 Å². The smallest absolute Gasteiger partial charge is 0.331 e. The number of amides is 5. The standard InChI is InChI=1S/C42H51F3N10O4S/c1-24-18-27(19-25(2)53(24)23-35(57)48-32-11-7-10-30-36(32)51(5)50-37(30)52-17-16-34(56)49-39(52)59)9-6-8-26-12-14-28(15-13-26)55-40(60)54(38(58)41(55,3)4)29-20-31(42(43,44)45)33(21-46)47-22-29/h7,10-11,20,22,24-28H,6,8-9,12-19,23H2,1-5H3,(H,48,57)(H,49,56,59)/t24-,25+,26?,27?,28?. The van der Waals surface area contributed by atoms with Gasteiger partial charge in [0.2, 0.25) is 11.8 Å². The van der Waals surface area contributed by atoms with Gasteiger partial charge in [0.15, 0.2) is 16.6 Å². The molecule has 2 aromatic heterocycles. The van der Waals surface area contributed by atoms with Gasteiger partial charge in [-0.25, -0.2) is 9.78 Å². The zero-order valence-corrected chi connectivity index (χ0v) is 35.3. The molecule has 4 aliphatic rings. The van der Waals surface area contributed by atoms with E-state index in [-0.39, 0.29) is 60.3 Å². The number of thiocarbonyl (C=S) groups is 1. The summed E-state index contributed by atoms with van der Waals surface area (Å²) in [4.78, 5) is 61.8. The highest BCUT2D eigenvalue weighted by atomic mass is 32.1. The van der Waals surface area contributed by atoms with E-state index in [1.54, 1.807) is 25.6 Å². The molecule has 14 nitrogen and oxygen atoms in total. The maximum absolute atomic E-state index is 13.7. The Balaban J connectivity index is 0.884. The molecule has 3 saturated heterocycles. The van der Waals surface area contributed by atoms with E-state index in [0.717, 1.165) is 75.0 Å². The lowest BCUT2D eigenvalue weighted by molar-refractivity contribution is -0.138. The average Bonchev–Trinajstić information content (AvgIpc) is 3.61. The van der Waals surface area contributed by atoms with E-state index in [2.05, 4.69) is 39.5 Å². The number of likely N-dealkylation sites (tertiary alicyclic amines) is 1. The molecule has 3 aliphatic heterocycles. The van der Waals surface area contributed by atoms with E-state index < -0.39 is 34.9 Å². The predicted octanol–water partition coefficient (Wildman–Crippen LogP) is 6.87. The van der Waals surface area contributed by atoms with E-state index in [1.165, 1.54) is 11.0 Å². The Labute approximate surface area is 352 Å². The van der Waals surface area contributed by atoms with Gasteiger partial charge in [-0.3, -0.25) is 39.1 Å². The van der Waals surface area contributed by atoms with Crippen molar-refractivity contribution in [3.05, 3.63) is 41.7 Å². The molecule has 1 aromatic carbocycles. The maximum Gasteiger partial charge on any atom is 0.419 e. The van der Waals surface area contributed by atoms with Gasteiger partial charge < -0.3 is 10.2 Å². The molecular formula is C42H51F3N10O4S. The molecule has 1 aliphatic carbocycles. The van der Waals surface area contributed by atoms with Gasteiger partial charge in [-0.1, -0.05) is 25.3 Å². The number of nitrogens with one attached hydrogen (secondary N) is 2. The Bertz CT molecular complexity index is 2240. The first-order valence-electron chi connectivity index (χ1n) is 20.7. The Morgan fingerprint density at radius 1 is 1.07 bits per heavy atom. The highest BCUT2D eigenvalue weighted by molar-refractivity contribution is 7.80. The summed E-state index contributed by atoms with van der Waals surface area (Å²) in [5.74, 6) is 0.635. The first kappa shape index (κ1) is 43.0. The number of alkyl halides is 3. The van der Waals surface area contributed by atoms with Crippen LogP contribution in [0.25, 0.3) is 10.9 Å². The minimum atomic E-state index is -4.81. The number of carbonyl (C=O) groups excluding carboxylic acids is 4. The van der Waals surface area contributed by atoms with Crippen molar-refractivity contribution in [2.45, 2.75) is 122 Å². The topological polar surface area (TPSA) is 160 Å². The van der Waals surface area contributed by atoms with Crippen LogP contribution in [0.5, 0.6) is 0 Å². The van der Waals surface area contributed by atoms with Gasteiger partial charge in [0.05, 0.1) is 35.2 Å². The van der Waals surface area contributed by atoms with Crippen LogP contribution in [0.1, 0.15) is 103 Å². The maximum atomic E-state index is 13.7. The van der Waals surface area contributed by atoms with E-state index in [0.29, 0.717) is 34.2 Å². The average molecular weight is 849 g/mol. The monoisotopic (exact) mass is 848 g/mol. The number of imide groups is 1. The summed E-state index contributed by atoms with van der Waals surface area (Å²) in [7, 11) is 1.76. The summed E-state index contributed by atoms with van der Waals surface area (Å²) in [5, 5.41) is 20.0. The number of nitrogens with zero attached hydrogens (tertiary/aromatic N) is 8. The summed E-state index contributed by atoms with van der Waals surface area (Å²) in [5.41, 5.74) is -1.83. The summed E-state index contributed by atoms with van der Waals surface area (Å²) in [6.45, 7) is 8.33. The number of halogens is 3. The van der Waals surface area contributed by atoms with Crippen LogP contribution in [0.4, 0.5) is 35.2 Å². The number of fused-ring (bicyclic) bond motifs is 1. The van der Waals surface area contributed by atoms with Crippen LogP contribution in [0, 0.1) is 23.2 Å². The fraction of sp³-hybridized carbons (Fsp3) is 0.571. The highest BCUT2D eigenvalue weighted by Gasteiger charge is 2.53. The number of nitriles is 1. The number of rotatable bonds is 10. The number of aryl methyl sites for hydroxylation is 1. The summed E-state index contributed by atoms with van der Waals surface area (Å²) in [6, 6.07) is 7.63. The minimum Gasteiger partial charge on any atom is -0.331 e. The summed E-state index contributed by atoms with van der Waals surface area (Å²) >= 11 is 5.76. The van der Waals surface area contributed by atoms with Crippen LogP contribution in [-0.2, 0) is 27.6 Å². The third-order valence-corrected chi connectivity index (χ3v) is 13.3. The predicted molar refractivity (Wildman–Crippen MR) is 223 cm³/mol. The first-order valence-corrected chi connectivity index (χ1v) is 21.1. The zero-order valence-electron chi connectivity index (χ0n) is 34.5. The number of hydrogen-bond donors (Lipinski definition) is 2. The molecule has 0 radical (unpaired) electrons. The van der Waals surface area contributed by atoms with Crippen LogP contribution in [0.15, 0.2) is 30.5 Å². The number of carbonyl (C=O) groups is 4. The van der Waals surface area contributed by atoms with E-state index >= 15 is 0 Å². The SMILES string of the molecule is C[C@@H]1CC(CCCC2CCC(N3C(=S)N(c4cnc(C#N)c(C(F)(F)F)c4)C(=O)C3(C)C)CC2)C[C@H](C)N1CC(=O)Nc1cccc2c(N3CCC(=O)NC3=O)nn(C)c12. The van der Waals surface area contributed by atoms with Crippen molar-refractivity contribution >= 4 is 69.2 Å². The lowest BCUT2D eigenvalue weighted by Crippen LogP contribution is -2.51. The van der Waals surface area contributed by atoms with Crippen LogP contribution in [0.3, 0.4) is 0 Å². The summed E-state index contributed by atoms with van der Waals surface area (Å²) < 4.78 is 42.8. The first-order chi connectivity index (χ1) is 28.4. The number of aromatic nitrogens is 3. The lowest BCUT2D eigenvalue weighted by Gasteiger charge is -2.42. The minimum absolute atomic E-state index is 0.0280. The Hall–Kier alpha value is -5.15. The molecule has 3 aromatic rings. The summed E-state index contributed by atoms with van der Waals surface area (Å²) in [6.07, 6.45) is 5.32. The molecule has 1 saturated carbocycles. The second kappa shape index (κ2) is 16.7. The van der Waals surface area contributed by atoms with E-state index in [1.807, 2.05) is 23.1 Å². The van der Waals surface area contributed by atoms with Gasteiger partial charge in [-0.05, 0) is 108 Å². The third kappa shape index (κ3) is 8.30. The molecule has 7 rings (SSSR count). The van der Waals surface area contributed by atoms with Crippen LogP contribution >= 0.6 is 12.2 Å². The molecule has 2 N–H and O–H groups in total. The third-order valence-electron chi connectivity index (χ3n) is 12.9. The molecule has 0 bridgehead atoms. The molecule has 320 valence electrons. The van der Waals surface area contributed by atoms with Crippen molar-refractivity contribution in [3.8, 4) is 6.07 Å². The second-order valence-corrected chi connectivity index (χ2v) is 17.7. The molecular weight excluding hydrogens is 798 g/mol. The second-order valence-electron chi connectivity index (χ2n) is 17.3. The normalized spacial score (nSPS) is 25.2. The fourth-order valence-corrected chi connectivity index (χ4v) is 10.5. The van der Waals surface area contributed by atoms with Crippen molar-refractivity contribution in [1.29, 1.82) is 5.26 Å². The number of hydrogen-bond acceptors (Lipinski definition) is 9. The van der Waals surface area contributed by atoms with E-state index in [4.69, 9.17) is 12.2 Å². The molecule has 0 spiro atoms. The quantitative estimate of drug-likeness (QED) is 0.206. The van der Waals surface area contributed by atoms with Crippen LogP contribution in [-0.4, -0.2) is 90.2 Å². The number of piperidine rings is 1. The van der Waals surface area contributed by atoms with Crippen molar-refractivity contribution in [3.63, 3.8) is 0 Å². The van der Waals surface area contributed by atoms with Gasteiger partial charge >= 0.3 is 12.2 Å². The molecule has 18 heteroatoms. The zero-order chi connectivity index (χ0) is 43.3. The van der Waals surface area contributed by atoms with Gasteiger partial charge in [0.25, 0.3) is 5.91 Å². The number of pyridine rings is 1. The number of urea groups is 1.